The van der Waals surface area contributed by atoms with Gasteiger partial charge in [0.15, 0.2) is 0 Å². The van der Waals surface area contributed by atoms with E-state index in [1.807, 2.05) is 6.92 Å². The minimum absolute atomic E-state index is 0.427. The van der Waals surface area contributed by atoms with Crippen LogP contribution in [0.4, 0.5) is 4.79 Å². The molecule has 0 radical (unpaired) electrons. The van der Waals surface area contributed by atoms with Crippen LogP contribution in [0, 0.1) is 0 Å². The quantitative estimate of drug-likeness (QED) is 0.659. The standard InChI is InChI=1S/C12H19NO4/c1-8-6-9(10(14)16-5)13(7-8)11(15)17-12(2,3)4/h7,9H,6H2,1-5H3/t9-/m0/s1. The lowest BCUT2D eigenvalue weighted by atomic mass is 10.1. The maximum atomic E-state index is 11.9. The highest BCUT2D eigenvalue weighted by atomic mass is 16.6. The molecule has 1 rings (SSSR count). The first-order valence-electron chi connectivity index (χ1n) is 5.51. The molecule has 0 saturated carbocycles. The largest absolute Gasteiger partial charge is 0.467 e. The van der Waals surface area contributed by atoms with Crippen LogP contribution in [0.5, 0.6) is 0 Å². The van der Waals surface area contributed by atoms with Crippen molar-refractivity contribution in [3.63, 3.8) is 0 Å². The van der Waals surface area contributed by atoms with Gasteiger partial charge < -0.3 is 9.47 Å². The lowest BCUT2D eigenvalue weighted by Crippen LogP contribution is -2.42. The molecule has 1 atom stereocenters. The van der Waals surface area contributed by atoms with Gasteiger partial charge >= 0.3 is 12.1 Å². The van der Waals surface area contributed by atoms with E-state index in [1.165, 1.54) is 12.0 Å². The summed E-state index contributed by atoms with van der Waals surface area (Å²) in [5, 5.41) is 0. The molecular formula is C12H19NO4. The van der Waals surface area contributed by atoms with Crippen molar-refractivity contribution in [2.75, 3.05) is 7.11 Å². The monoisotopic (exact) mass is 241 g/mol. The Morgan fingerprint density at radius 3 is 2.47 bits per heavy atom. The van der Waals surface area contributed by atoms with Crippen LogP contribution >= 0.6 is 0 Å². The molecule has 0 aromatic rings. The van der Waals surface area contributed by atoms with Gasteiger partial charge in [-0.3, -0.25) is 4.90 Å². The lowest BCUT2D eigenvalue weighted by Gasteiger charge is -2.26. The van der Waals surface area contributed by atoms with E-state index >= 15 is 0 Å². The molecule has 0 unspecified atom stereocenters. The fraction of sp³-hybridized carbons (Fsp3) is 0.667. The average molecular weight is 241 g/mol. The summed E-state index contributed by atoms with van der Waals surface area (Å²) < 4.78 is 9.90. The predicted molar refractivity (Wildman–Crippen MR) is 62.3 cm³/mol. The van der Waals surface area contributed by atoms with E-state index in [0.29, 0.717) is 6.42 Å². The first-order valence-corrected chi connectivity index (χ1v) is 5.51. The minimum atomic E-state index is -0.602. The number of esters is 1. The molecule has 5 heteroatoms. The first-order chi connectivity index (χ1) is 7.74. The van der Waals surface area contributed by atoms with Crippen molar-refractivity contribution in [2.45, 2.75) is 45.8 Å². The van der Waals surface area contributed by atoms with Crippen LogP contribution in [0.3, 0.4) is 0 Å². The summed E-state index contributed by atoms with van der Waals surface area (Å²) in [4.78, 5) is 24.7. The molecule has 0 N–H and O–H groups in total. The maximum absolute atomic E-state index is 11.9. The van der Waals surface area contributed by atoms with Gasteiger partial charge in [0.05, 0.1) is 7.11 Å². The number of methoxy groups -OCH3 is 1. The molecule has 0 fully saturated rings. The molecule has 0 aromatic carbocycles. The third kappa shape index (κ3) is 3.47. The SMILES string of the molecule is COC(=O)[C@@H]1CC(C)=CN1C(=O)OC(C)(C)C. The van der Waals surface area contributed by atoms with Gasteiger partial charge in [0.2, 0.25) is 0 Å². The minimum Gasteiger partial charge on any atom is -0.467 e. The summed E-state index contributed by atoms with van der Waals surface area (Å²) in [6.45, 7) is 7.21. The van der Waals surface area contributed by atoms with Gasteiger partial charge in [-0.1, -0.05) is 5.57 Å². The second-order valence-electron chi connectivity index (χ2n) is 5.11. The van der Waals surface area contributed by atoms with Crippen molar-refractivity contribution in [2.24, 2.45) is 0 Å². The Balaban J connectivity index is 2.79. The van der Waals surface area contributed by atoms with E-state index in [0.717, 1.165) is 5.57 Å². The Morgan fingerprint density at radius 1 is 1.41 bits per heavy atom. The van der Waals surface area contributed by atoms with Crippen molar-refractivity contribution in [1.29, 1.82) is 0 Å². The number of amides is 1. The van der Waals surface area contributed by atoms with Crippen molar-refractivity contribution < 1.29 is 19.1 Å². The van der Waals surface area contributed by atoms with Crippen molar-refractivity contribution >= 4 is 12.1 Å². The molecule has 0 aliphatic carbocycles. The van der Waals surface area contributed by atoms with Gasteiger partial charge in [-0.2, -0.15) is 0 Å². The molecule has 0 aromatic heterocycles. The highest BCUT2D eigenvalue weighted by Gasteiger charge is 2.36. The summed E-state index contributed by atoms with van der Waals surface area (Å²) >= 11 is 0. The fourth-order valence-electron chi connectivity index (χ4n) is 1.61. The van der Waals surface area contributed by atoms with Crippen molar-refractivity contribution in [3.05, 3.63) is 11.8 Å². The third-order valence-electron chi connectivity index (χ3n) is 2.29. The van der Waals surface area contributed by atoms with Crippen LogP contribution in [0.2, 0.25) is 0 Å². The summed E-state index contributed by atoms with van der Waals surface area (Å²) in [5.74, 6) is -0.427. The molecule has 1 aliphatic rings. The fourth-order valence-corrected chi connectivity index (χ4v) is 1.61. The second-order valence-corrected chi connectivity index (χ2v) is 5.11. The van der Waals surface area contributed by atoms with E-state index < -0.39 is 23.7 Å². The number of rotatable bonds is 1. The Hall–Kier alpha value is -1.52. The van der Waals surface area contributed by atoms with Crippen LogP contribution in [-0.2, 0) is 14.3 Å². The Labute approximate surface area is 101 Å². The lowest BCUT2D eigenvalue weighted by molar-refractivity contribution is -0.145. The smallest absolute Gasteiger partial charge is 0.415 e. The third-order valence-corrected chi connectivity index (χ3v) is 2.29. The maximum Gasteiger partial charge on any atom is 0.415 e. The zero-order chi connectivity index (χ0) is 13.2. The highest BCUT2D eigenvalue weighted by Crippen LogP contribution is 2.24. The van der Waals surface area contributed by atoms with Gasteiger partial charge in [-0.15, -0.1) is 0 Å². The Kier molecular flexibility index (Phi) is 3.80. The number of hydrogen-bond donors (Lipinski definition) is 0. The molecule has 17 heavy (non-hydrogen) atoms. The van der Waals surface area contributed by atoms with Gasteiger partial charge in [-0.05, 0) is 27.7 Å². The number of carbonyl (C=O) groups excluding carboxylic acids is 2. The van der Waals surface area contributed by atoms with Crippen LogP contribution < -0.4 is 0 Å². The topological polar surface area (TPSA) is 55.8 Å². The molecular weight excluding hydrogens is 222 g/mol. The normalized spacial score (nSPS) is 19.9. The van der Waals surface area contributed by atoms with Crippen LogP contribution in [0.25, 0.3) is 0 Å². The first kappa shape index (κ1) is 13.5. The summed E-state index contributed by atoms with van der Waals surface area (Å²) in [5.41, 5.74) is 0.369. The van der Waals surface area contributed by atoms with Crippen molar-refractivity contribution in [3.8, 4) is 0 Å². The van der Waals surface area contributed by atoms with E-state index in [-0.39, 0.29) is 0 Å². The molecule has 0 spiro atoms. The molecule has 0 bridgehead atoms. The van der Waals surface area contributed by atoms with Crippen molar-refractivity contribution in [1.82, 2.24) is 4.90 Å². The van der Waals surface area contributed by atoms with Gasteiger partial charge in [-0.25, -0.2) is 9.59 Å². The van der Waals surface area contributed by atoms with Crippen LogP contribution in [0.15, 0.2) is 11.8 Å². The summed E-state index contributed by atoms with van der Waals surface area (Å²) in [7, 11) is 1.31. The molecule has 96 valence electrons. The Bertz CT molecular complexity index is 354. The van der Waals surface area contributed by atoms with Crippen LogP contribution in [-0.4, -0.2) is 35.7 Å². The van der Waals surface area contributed by atoms with E-state index in [4.69, 9.17) is 4.74 Å². The number of ether oxygens (including phenoxy) is 2. The predicted octanol–water partition coefficient (Wildman–Crippen LogP) is 2.07. The molecule has 1 aliphatic heterocycles. The second kappa shape index (κ2) is 4.77. The van der Waals surface area contributed by atoms with Gasteiger partial charge in [0.1, 0.15) is 11.6 Å². The number of nitrogens with zero attached hydrogens (tertiary/aromatic N) is 1. The Morgan fingerprint density at radius 2 is 2.00 bits per heavy atom. The average Bonchev–Trinajstić information content (AvgIpc) is 2.56. The van der Waals surface area contributed by atoms with Crippen LogP contribution in [0.1, 0.15) is 34.1 Å². The zero-order valence-corrected chi connectivity index (χ0v) is 10.9. The highest BCUT2D eigenvalue weighted by molar-refractivity contribution is 5.83. The summed E-state index contributed by atoms with van der Waals surface area (Å²) in [6, 6.07) is -0.602. The zero-order valence-electron chi connectivity index (χ0n) is 10.9. The van der Waals surface area contributed by atoms with E-state index in [2.05, 4.69) is 4.74 Å². The molecule has 0 saturated heterocycles. The molecule has 5 nitrogen and oxygen atoms in total. The van der Waals surface area contributed by atoms with Gasteiger partial charge in [0, 0.05) is 12.6 Å². The van der Waals surface area contributed by atoms with E-state index in [1.54, 1.807) is 27.0 Å². The molecule has 1 amide bonds. The van der Waals surface area contributed by atoms with E-state index in [9.17, 15) is 9.59 Å². The number of carbonyl (C=O) groups is 2. The van der Waals surface area contributed by atoms with Gasteiger partial charge in [0.25, 0.3) is 0 Å². The molecule has 1 heterocycles. The number of hydrogen-bond acceptors (Lipinski definition) is 4. The summed E-state index contributed by atoms with van der Waals surface area (Å²) in [6.07, 6.45) is 1.60.